The highest BCUT2D eigenvalue weighted by atomic mass is 35.5. The van der Waals surface area contributed by atoms with E-state index in [1.807, 2.05) is 13.8 Å². The maximum absolute atomic E-state index is 11.6. The molecule has 110 valence electrons. The fourth-order valence-electron chi connectivity index (χ4n) is 2.34. The van der Waals surface area contributed by atoms with Crippen molar-refractivity contribution in [2.45, 2.75) is 32.7 Å². The molecule has 0 aromatic heterocycles. The SMILES string of the molecule is COC(=O)C(C)(C)CN(C)C1CCNCC1.Cl.Cl. The summed E-state index contributed by atoms with van der Waals surface area (Å²) in [4.78, 5) is 13.9. The summed E-state index contributed by atoms with van der Waals surface area (Å²) in [5.74, 6) is -0.131. The zero-order valence-electron chi connectivity index (χ0n) is 11.7. The van der Waals surface area contributed by atoms with Crippen molar-refractivity contribution in [1.29, 1.82) is 0 Å². The molecule has 1 fully saturated rings. The summed E-state index contributed by atoms with van der Waals surface area (Å²) >= 11 is 0. The monoisotopic (exact) mass is 300 g/mol. The molecule has 1 aliphatic rings. The number of nitrogens with zero attached hydrogens (tertiary/aromatic N) is 1. The van der Waals surface area contributed by atoms with Crippen molar-refractivity contribution in [3.63, 3.8) is 0 Å². The molecule has 0 spiro atoms. The van der Waals surface area contributed by atoms with Gasteiger partial charge in [-0.25, -0.2) is 0 Å². The van der Waals surface area contributed by atoms with Gasteiger partial charge in [-0.15, -0.1) is 24.8 Å². The minimum Gasteiger partial charge on any atom is -0.469 e. The fraction of sp³-hybridized carbons (Fsp3) is 0.917. The van der Waals surface area contributed by atoms with Gasteiger partial charge in [0.2, 0.25) is 0 Å². The summed E-state index contributed by atoms with van der Waals surface area (Å²) in [5.41, 5.74) is -0.422. The number of methoxy groups -OCH3 is 1. The molecule has 0 radical (unpaired) electrons. The molecular formula is C12H26Cl2N2O2. The minimum absolute atomic E-state index is 0. The molecule has 0 unspecified atom stereocenters. The summed E-state index contributed by atoms with van der Waals surface area (Å²) in [6, 6.07) is 0.588. The third-order valence-electron chi connectivity index (χ3n) is 3.31. The van der Waals surface area contributed by atoms with E-state index in [9.17, 15) is 4.79 Å². The van der Waals surface area contributed by atoms with Crippen molar-refractivity contribution in [1.82, 2.24) is 10.2 Å². The van der Waals surface area contributed by atoms with Crippen molar-refractivity contribution in [2.75, 3.05) is 33.8 Å². The highest BCUT2D eigenvalue weighted by Gasteiger charge is 2.32. The average Bonchev–Trinajstić information content (AvgIpc) is 2.28. The van der Waals surface area contributed by atoms with Gasteiger partial charge in [0.25, 0.3) is 0 Å². The number of hydrogen-bond acceptors (Lipinski definition) is 4. The van der Waals surface area contributed by atoms with Crippen molar-refractivity contribution < 1.29 is 9.53 Å². The zero-order chi connectivity index (χ0) is 12.2. The lowest BCUT2D eigenvalue weighted by Crippen LogP contribution is -2.46. The lowest BCUT2D eigenvalue weighted by Gasteiger charge is -2.35. The van der Waals surface area contributed by atoms with Gasteiger partial charge in [0.05, 0.1) is 12.5 Å². The first-order valence-electron chi connectivity index (χ1n) is 5.97. The van der Waals surface area contributed by atoms with Crippen LogP contribution < -0.4 is 5.32 Å². The van der Waals surface area contributed by atoms with E-state index in [0.717, 1.165) is 32.5 Å². The zero-order valence-corrected chi connectivity index (χ0v) is 13.3. The normalized spacial score (nSPS) is 16.7. The number of hydrogen-bond donors (Lipinski definition) is 1. The predicted molar refractivity (Wildman–Crippen MR) is 78.8 cm³/mol. The van der Waals surface area contributed by atoms with Crippen LogP contribution in [-0.2, 0) is 9.53 Å². The topological polar surface area (TPSA) is 41.6 Å². The van der Waals surface area contributed by atoms with E-state index in [-0.39, 0.29) is 30.8 Å². The van der Waals surface area contributed by atoms with Crippen LogP contribution in [0.25, 0.3) is 0 Å². The van der Waals surface area contributed by atoms with Gasteiger partial charge in [0.15, 0.2) is 0 Å². The maximum Gasteiger partial charge on any atom is 0.312 e. The van der Waals surface area contributed by atoms with Crippen molar-refractivity contribution >= 4 is 30.8 Å². The van der Waals surface area contributed by atoms with Crippen LogP contribution in [0.4, 0.5) is 0 Å². The van der Waals surface area contributed by atoms with Crippen LogP contribution in [0.5, 0.6) is 0 Å². The summed E-state index contributed by atoms with van der Waals surface area (Å²) < 4.78 is 4.83. The van der Waals surface area contributed by atoms with Gasteiger partial charge in [0.1, 0.15) is 0 Å². The molecule has 0 aliphatic carbocycles. The highest BCUT2D eigenvalue weighted by molar-refractivity contribution is 5.85. The van der Waals surface area contributed by atoms with Gasteiger partial charge < -0.3 is 15.0 Å². The Morgan fingerprint density at radius 3 is 2.28 bits per heavy atom. The molecule has 1 N–H and O–H groups in total. The number of ether oxygens (including phenoxy) is 1. The molecule has 1 rings (SSSR count). The summed E-state index contributed by atoms with van der Waals surface area (Å²) in [6.07, 6.45) is 2.32. The molecular weight excluding hydrogens is 275 g/mol. The molecule has 0 amide bonds. The molecule has 1 heterocycles. The first-order chi connectivity index (χ1) is 7.47. The van der Waals surface area contributed by atoms with Gasteiger partial charge in [-0.05, 0) is 46.8 Å². The molecule has 0 bridgehead atoms. The molecule has 0 saturated carbocycles. The number of nitrogens with one attached hydrogen (secondary N) is 1. The van der Waals surface area contributed by atoms with Crippen molar-refractivity contribution in [3.8, 4) is 0 Å². The van der Waals surface area contributed by atoms with E-state index in [0.29, 0.717) is 6.04 Å². The van der Waals surface area contributed by atoms with Gasteiger partial charge >= 0.3 is 5.97 Å². The Balaban J connectivity index is 0. The van der Waals surface area contributed by atoms with Crippen LogP contribution in [-0.4, -0.2) is 50.7 Å². The van der Waals surface area contributed by atoms with Gasteiger partial charge in [-0.3, -0.25) is 4.79 Å². The number of carbonyl (C=O) groups is 1. The Morgan fingerprint density at radius 2 is 1.83 bits per heavy atom. The maximum atomic E-state index is 11.6. The summed E-state index contributed by atoms with van der Waals surface area (Å²) in [7, 11) is 3.55. The number of piperidine rings is 1. The standard InChI is InChI=1S/C12H24N2O2.2ClH/c1-12(2,11(15)16-4)9-14(3)10-5-7-13-8-6-10;;/h10,13H,5-9H2,1-4H3;2*1H. The van der Waals surface area contributed by atoms with Crippen LogP contribution in [0.2, 0.25) is 0 Å². The molecule has 18 heavy (non-hydrogen) atoms. The smallest absolute Gasteiger partial charge is 0.312 e. The average molecular weight is 301 g/mol. The molecule has 1 saturated heterocycles. The fourth-order valence-corrected chi connectivity index (χ4v) is 2.34. The van der Waals surface area contributed by atoms with Crippen LogP contribution in [0.1, 0.15) is 26.7 Å². The molecule has 0 aromatic carbocycles. The second-order valence-corrected chi connectivity index (χ2v) is 5.27. The lowest BCUT2D eigenvalue weighted by atomic mass is 9.91. The molecule has 0 aromatic rings. The largest absolute Gasteiger partial charge is 0.469 e. The van der Waals surface area contributed by atoms with Gasteiger partial charge in [-0.2, -0.15) is 0 Å². The van der Waals surface area contributed by atoms with Crippen LogP contribution >= 0.6 is 24.8 Å². The number of carbonyl (C=O) groups excluding carboxylic acids is 1. The second kappa shape index (κ2) is 8.97. The predicted octanol–water partition coefficient (Wildman–Crippen LogP) is 1.71. The molecule has 4 nitrogen and oxygen atoms in total. The summed E-state index contributed by atoms with van der Waals surface area (Å²) in [5, 5.41) is 3.35. The van der Waals surface area contributed by atoms with E-state index in [4.69, 9.17) is 4.74 Å². The number of halogens is 2. The van der Waals surface area contributed by atoms with E-state index in [1.165, 1.54) is 7.11 Å². The Bertz CT molecular complexity index is 244. The summed E-state index contributed by atoms with van der Waals surface area (Å²) in [6.45, 7) is 6.79. The first kappa shape index (κ1) is 20.3. The van der Waals surface area contributed by atoms with Crippen LogP contribution in [0.15, 0.2) is 0 Å². The number of rotatable bonds is 4. The number of esters is 1. The van der Waals surface area contributed by atoms with E-state index >= 15 is 0 Å². The second-order valence-electron chi connectivity index (χ2n) is 5.27. The Labute approximate surface area is 123 Å². The van der Waals surface area contributed by atoms with E-state index in [1.54, 1.807) is 0 Å². The molecule has 0 atom stereocenters. The Kier molecular flexibility index (Phi) is 10.1. The van der Waals surface area contributed by atoms with Crippen LogP contribution in [0, 0.1) is 5.41 Å². The molecule has 6 heteroatoms. The Hall–Kier alpha value is -0.0300. The highest BCUT2D eigenvalue weighted by Crippen LogP contribution is 2.21. The quantitative estimate of drug-likeness (QED) is 0.803. The Morgan fingerprint density at radius 1 is 1.33 bits per heavy atom. The van der Waals surface area contributed by atoms with Gasteiger partial charge in [-0.1, -0.05) is 0 Å². The minimum atomic E-state index is -0.422. The van der Waals surface area contributed by atoms with E-state index < -0.39 is 5.41 Å². The van der Waals surface area contributed by atoms with Crippen molar-refractivity contribution in [2.24, 2.45) is 5.41 Å². The van der Waals surface area contributed by atoms with Gasteiger partial charge in [0, 0.05) is 12.6 Å². The third kappa shape index (κ3) is 5.74. The van der Waals surface area contributed by atoms with Crippen molar-refractivity contribution in [3.05, 3.63) is 0 Å². The first-order valence-corrected chi connectivity index (χ1v) is 5.97. The third-order valence-corrected chi connectivity index (χ3v) is 3.31. The lowest BCUT2D eigenvalue weighted by molar-refractivity contribution is -0.152. The van der Waals surface area contributed by atoms with Crippen LogP contribution in [0.3, 0.4) is 0 Å². The molecule has 1 aliphatic heterocycles. The van der Waals surface area contributed by atoms with E-state index in [2.05, 4.69) is 17.3 Å².